The Balaban J connectivity index is 1.52. The molecule has 0 saturated heterocycles. The molecule has 0 aliphatic heterocycles. The summed E-state index contributed by atoms with van der Waals surface area (Å²) in [6, 6.07) is 13.6. The van der Waals surface area contributed by atoms with Gasteiger partial charge in [-0.2, -0.15) is 0 Å². The smallest absolute Gasteiger partial charge is 0.335 e. The summed E-state index contributed by atoms with van der Waals surface area (Å²) in [5.41, 5.74) is 1.31. The maximum atomic E-state index is 12.4. The van der Waals surface area contributed by atoms with Crippen LogP contribution in [0.25, 0.3) is 0 Å². The highest BCUT2D eigenvalue weighted by molar-refractivity contribution is 8.00. The molecule has 0 radical (unpaired) electrons. The number of aromatic carboxylic acids is 1. The summed E-state index contributed by atoms with van der Waals surface area (Å²) in [7, 11) is 0. The van der Waals surface area contributed by atoms with Gasteiger partial charge in [-0.15, -0.1) is 11.8 Å². The van der Waals surface area contributed by atoms with Crippen molar-refractivity contribution >= 4 is 40.9 Å². The molecule has 29 heavy (non-hydrogen) atoms. The van der Waals surface area contributed by atoms with E-state index in [1.54, 1.807) is 12.1 Å². The predicted octanol–water partition coefficient (Wildman–Crippen LogP) is 4.63. The Morgan fingerprint density at radius 3 is 2.34 bits per heavy atom. The third-order valence-electron chi connectivity index (χ3n) is 4.84. The first-order valence-corrected chi connectivity index (χ1v) is 10.7. The van der Waals surface area contributed by atoms with Crippen molar-refractivity contribution in [1.82, 2.24) is 0 Å². The van der Waals surface area contributed by atoms with Gasteiger partial charge >= 0.3 is 5.97 Å². The standard InChI is InChI=1S/C22H24N2O4S/c25-20(23-17-9-4-8-16(12-17)22(27)28)14-29-19-11-5-10-18(13-19)24-21(26)15-6-2-1-3-7-15/h4-5,8-13,15H,1-3,6-7,14H2,(H,23,25)(H,24,26)(H,27,28). The van der Waals surface area contributed by atoms with Gasteiger partial charge in [-0.1, -0.05) is 31.4 Å². The molecule has 1 saturated carbocycles. The first-order valence-electron chi connectivity index (χ1n) is 9.68. The Morgan fingerprint density at radius 2 is 1.62 bits per heavy atom. The molecule has 2 amide bonds. The van der Waals surface area contributed by atoms with Crippen LogP contribution in [0.5, 0.6) is 0 Å². The van der Waals surface area contributed by atoms with E-state index >= 15 is 0 Å². The first-order chi connectivity index (χ1) is 14.0. The number of nitrogens with one attached hydrogen (secondary N) is 2. The van der Waals surface area contributed by atoms with Crippen LogP contribution >= 0.6 is 11.8 Å². The molecule has 0 aromatic heterocycles. The molecule has 3 rings (SSSR count). The number of amides is 2. The van der Waals surface area contributed by atoms with E-state index in [9.17, 15) is 14.4 Å². The van der Waals surface area contributed by atoms with Gasteiger partial charge in [-0.05, 0) is 49.2 Å². The minimum atomic E-state index is -1.04. The number of carboxylic acids is 1. The number of anilines is 2. The summed E-state index contributed by atoms with van der Waals surface area (Å²) in [6.07, 6.45) is 5.32. The number of carboxylic acid groups (broad SMARTS) is 1. The third-order valence-corrected chi connectivity index (χ3v) is 5.83. The molecule has 1 aliphatic carbocycles. The molecule has 6 nitrogen and oxygen atoms in total. The topological polar surface area (TPSA) is 95.5 Å². The van der Waals surface area contributed by atoms with Crippen molar-refractivity contribution in [2.75, 3.05) is 16.4 Å². The van der Waals surface area contributed by atoms with Gasteiger partial charge in [0.25, 0.3) is 0 Å². The fraction of sp³-hybridized carbons (Fsp3) is 0.318. The van der Waals surface area contributed by atoms with E-state index in [2.05, 4.69) is 10.6 Å². The third kappa shape index (κ3) is 6.35. The Labute approximate surface area is 174 Å². The number of rotatable bonds is 7. The molecule has 0 atom stereocenters. The maximum Gasteiger partial charge on any atom is 0.335 e. The van der Waals surface area contributed by atoms with Gasteiger partial charge in [0.2, 0.25) is 11.8 Å². The molecular weight excluding hydrogens is 388 g/mol. The average Bonchev–Trinajstić information content (AvgIpc) is 2.73. The highest BCUT2D eigenvalue weighted by atomic mass is 32.2. The lowest BCUT2D eigenvalue weighted by atomic mass is 9.88. The SMILES string of the molecule is O=C(CSc1cccc(NC(=O)C2CCCCC2)c1)Nc1cccc(C(=O)O)c1. The molecule has 0 heterocycles. The Bertz CT molecular complexity index is 894. The maximum absolute atomic E-state index is 12.4. The number of carbonyl (C=O) groups excluding carboxylic acids is 2. The van der Waals surface area contributed by atoms with Crippen LogP contribution in [0.15, 0.2) is 53.4 Å². The van der Waals surface area contributed by atoms with Gasteiger partial charge in [0.1, 0.15) is 0 Å². The van der Waals surface area contributed by atoms with E-state index in [0.29, 0.717) is 5.69 Å². The second kappa shape index (κ2) is 10.1. The van der Waals surface area contributed by atoms with Crippen LogP contribution in [0.4, 0.5) is 11.4 Å². The molecule has 1 fully saturated rings. The summed E-state index contributed by atoms with van der Waals surface area (Å²) >= 11 is 1.36. The monoisotopic (exact) mass is 412 g/mol. The van der Waals surface area contributed by atoms with Crippen LogP contribution in [-0.4, -0.2) is 28.6 Å². The van der Waals surface area contributed by atoms with Gasteiger partial charge in [-0.3, -0.25) is 9.59 Å². The van der Waals surface area contributed by atoms with Gasteiger partial charge in [-0.25, -0.2) is 4.79 Å². The van der Waals surface area contributed by atoms with E-state index < -0.39 is 5.97 Å². The largest absolute Gasteiger partial charge is 0.478 e. The first kappa shape index (κ1) is 20.9. The minimum absolute atomic E-state index is 0.0721. The van der Waals surface area contributed by atoms with Gasteiger partial charge in [0.15, 0.2) is 0 Å². The number of thioether (sulfide) groups is 1. The van der Waals surface area contributed by atoms with Crippen molar-refractivity contribution in [1.29, 1.82) is 0 Å². The Kier molecular flexibility index (Phi) is 7.30. The second-order valence-corrected chi connectivity index (χ2v) is 8.12. The zero-order valence-electron chi connectivity index (χ0n) is 16.0. The molecule has 7 heteroatoms. The van der Waals surface area contributed by atoms with Gasteiger partial charge in [0, 0.05) is 22.2 Å². The van der Waals surface area contributed by atoms with E-state index in [1.165, 1.54) is 30.3 Å². The highest BCUT2D eigenvalue weighted by Gasteiger charge is 2.21. The summed E-state index contributed by atoms with van der Waals surface area (Å²) in [6.45, 7) is 0. The molecule has 0 unspecified atom stereocenters. The van der Waals surface area contributed by atoms with E-state index in [0.717, 1.165) is 36.3 Å². The lowest BCUT2D eigenvalue weighted by Crippen LogP contribution is -2.24. The number of benzene rings is 2. The lowest BCUT2D eigenvalue weighted by molar-refractivity contribution is -0.120. The molecule has 2 aromatic carbocycles. The highest BCUT2D eigenvalue weighted by Crippen LogP contribution is 2.26. The van der Waals surface area contributed by atoms with Crippen molar-refractivity contribution in [2.24, 2.45) is 5.92 Å². The number of hydrogen-bond donors (Lipinski definition) is 3. The van der Waals surface area contributed by atoms with Crippen LogP contribution in [0.3, 0.4) is 0 Å². The summed E-state index contributed by atoms with van der Waals surface area (Å²) < 4.78 is 0. The van der Waals surface area contributed by atoms with E-state index in [-0.39, 0.29) is 29.0 Å². The van der Waals surface area contributed by atoms with Crippen molar-refractivity contribution in [3.63, 3.8) is 0 Å². The second-order valence-electron chi connectivity index (χ2n) is 7.07. The quantitative estimate of drug-likeness (QED) is 0.576. The number of carbonyl (C=O) groups is 3. The summed E-state index contributed by atoms with van der Waals surface area (Å²) in [5, 5.41) is 14.7. The summed E-state index contributed by atoms with van der Waals surface area (Å²) in [5.74, 6) is -0.927. The number of hydrogen-bond acceptors (Lipinski definition) is 4. The molecular formula is C22H24N2O4S. The van der Waals surface area contributed by atoms with E-state index in [1.807, 2.05) is 24.3 Å². The predicted molar refractivity (Wildman–Crippen MR) is 114 cm³/mol. The van der Waals surface area contributed by atoms with Crippen molar-refractivity contribution in [3.05, 3.63) is 54.1 Å². The zero-order chi connectivity index (χ0) is 20.6. The molecule has 152 valence electrons. The molecule has 2 aromatic rings. The van der Waals surface area contributed by atoms with Gasteiger partial charge in [0.05, 0.1) is 11.3 Å². The van der Waals surface area contributed by atoms with Gasteiger partial charge < -0.3 is 15.7 Å². The fourth-order valence-corrected chi connectivity index (χ4v) is 4.10. The van der Waals surface area contributed by atoms with E-state index in [4.69, 9.17) is 5.11 Å². The van der Waals surface area contributed by atoms with Crippen molar-refractivity contribution in [3.8, 4) is 0 Å². The fourth-order valence-electron chi connectivity index (χ4n) is 3.35. The van der Waals surface area contributed by atoms with Crippen LogP contribution in [0.2, 0.25) is 0 Å². The average molecular weight is 413 g/mol. The van der Waals surface area contributed by atoms with Crippen LogP contribution in [0.1, 0.15) is 42.5 Å². The lowest BCUT2D eigenvalue weighted by Gasteiger charge is -2.20. The van der Waals surface area contributed by atoms with Crippen LogP contribution in [0, 0.1) is 5.92 Å². The molecule has 3 N–H and O–H groups in total. The van der Waals surface area contributed by atoms with Crippen molar-refractivity contribution < 1.29 is 19.5 Å². The minimum Gasteiger partial charge on any atom is -0.478 e. The van der Waals surface area contributed by atoms with Crippen LogP contribution < -0.4 is 10.6 Å². The molecule has 0 bridgehead atoms. The molecule has 0 spiro atoms. The Morgan fingerprint density at radius 1 is 0.931 bits per heavy atom. The summed E-state index contributed by atoms with van der Waals surface area (Å²) in [4.78, 5) is 36.5. The van der Waals surface area contributed by atoms with Crippen LogP contribution in [-0.2, 0) is 9.59 Å². The normalized spacial score (nSPS) is 14.2. The van der Waals surface area contributed by atoms with Crippen molar-refractivity contribution in [2.45, 2.75) is 37.0 Å². The Hall–Kier alpha value is -2.80. The zero-order valence-corrected chi connectivity index (χ0v) is 16.8. The molecule has 1 aliphatic rings.